The van der Waals surface area contributed by atoms with Crippen LogP contribution in [0.4, 0.5) is 0 Å². The fourth-order valence-electron chi connectivity index (χ4n) is 2.72. The predicted octanol–water partition coefficient (Wildman–Crippen LogP) is 4.12. The van der Waals surface area contributed by atoms with Crippen molar-refractivity contribution in [1.82, 2.24) is 0 Å². The molecule has 0 spiro atoms. The second-order valence-corrected chi connectivity index (χ2v) is 6.23. The molecule has 0 fully saturated rings. The molecule has 1 N–H and O–H groups in total. The van der Waals surface area contributed by atoms with Crippen molar-refractivity contribution >= 4 is 5.97 Å². The van der Waals surface area contributed by atoms with E-state index < -0.39 is 12.1 Å². The number of hydrogen-bond donors (Lipinski definition) is 1. The van der Waals surface area contributed by atoms with Gasteiger partial charge in [0.2, 0.25) is 0 Å². The summed E-state index contributed by atoms with van der Waals surface area (Å²) in [7, 11) is 1.63. The van der Waals surface area contributed by atoms with Crippen molar-refractivity contribution in [2.45, 2.75) is 12.5 Å². The molecule has 1 atom stereocenters. The van der Waals surface area contributed by atoms with Crippen molar-refractivity contribution in [3.05, 3.63) is 83.9 Å². The number of methoxy groups -OCH3 is 1. The Morgan fingerprint density at radius 2 is 1.46 bits per heavy atom. The van der Waals surface area contributed by atoms with E-state index in [0.717, 1.165) is 22.4 Å². The lowest BCUT2D eigenvalue weighted by Crippen LogP contribution is -2.10. The van der Waals surface area contributed by atoms with Crippen LogP contribution in [0, 0.1) is 12.3 Å². The van der Waals surface area contributed by atoms with E-state index in [1.54, 1.807) is 43.5 Å². The smallest absolute Gasteiger partial charge is 0.343 e. The van der Waals surface area contributed by atoms with Crippen molar-refractivity contribution in [2.75, 3.05) is 7.11 Å². The van der Waals surface area contributed by atoms with Crippen LogP contribution >= 0.6 is 0 Å². The van der Waals surface area contributed by atoms with Gasteiger partial charge in [-0.2, -0.15) is 0 Å². The van der Waals surface area contributed by atoms with Crippen molar-refractivity contribution in [1.29, 1.82) is 0 Å². The Morgan fingerprint density at radius 1 is 0.929 bits per heavy atom. The molecular formula is C24H20O4. The number of esters is 1. The van der Waals surface area contributed by atoms with E-state index in [1.165, 1.54) is 0 Å². The topological polar surface area (TPSA) is 55.8 Å². The summed E-state index contributed by atoms with van der Waals surface area (Å²) in [6.45, 7) is 0. The molecule has 3 rings (SSSR count). The van der Waals surface area contributed by atoms with Gasteiger partial charge in [0.15, 0.2) is 0 Å². The number of rotatable bonds is 6. The lowest BCUT2D eigenvalue weighted by Gasteiger charge is -2.08. The Labute approximate surface area is 164 Å². The van der Waals surface area contributed by atoms with Crippen LogP contribution in [0.15, 0.2) is 72.8 Å². The van der Waals surface area contributed by atoms with Gasteiger partial charge in [-0.15, -0.1) is 6.42 Å². The first-order chi connectivity index (χ1) is 13.6. The lowest BCUT2D eigenvalue weighted by molar-refractivity contribution is 0.0735. The quantitative estimate of drug-likeness (QED) is 0.402. The Hall–Kier alpha value is -3.55. The van der Waals surface area contributed by atoms with E-state index in [2.05, 4.69) is 5.92 Å². The zero-order valence-electron chi connectivity index (χ0n) is 15.5. The lowest BCUT2D eigenvalue weighted by atomic mass is 10.1. The molecule has 0 amide bonds. The number of benzene rings is 3. The second-order valence-electron chi connectivity index (χ2n) is 6.23. The van der Waals surface area contributed by atoms with Crippen LogP contribution in [0.5, 0.6) is 11.5 Å². The van der Waals surface area contributed by atoms with Gasteiger partial charge in [0.25, 0.3) is 0 Å². The maximum absolute atomic E-state index is 12.3. The minimum absolute atomic E-state index is 0.346. The Balaban J connectivity index is 1.64. The molecule has 0 aromatic heterocycles. The van der Waals surface area contributed by atoms with E-state index in [1.807, 2.05) is 36.4 Å². The van der Waals surface area contributed by atoms with Gasteiger partial charge in [-0.3, -0.25) is 0 Å². The molecule has 0 bridgehead atoms. The molecule has 0 aliphatic heterocycles. The number of carbonyl (C=O) groups is 1. The largest absolute Gasteiger partial charge is 0.497 e. The van der Waals surface area contributed by atoms with Crippen LogP contribution in [0.1, 0.15) is 15.9 Å². The second kappa shape index (κ2) is 8.90. The highest BCUT2D eigenvalue weighted by Gasteiger charge is 2.10. The maximum atomic E-state index is 12.3. The van der Waals surface area contributed by atoms with Crippen molar-refractivity contribution in [3.8, 4) is 35.0 Å². The number of aliphatic hydroxyl groups is 1. The molecule has 4 nitrogen and oxygen atoms in total. The van der Waals surface area contributed by atoms with Gasteiger partial charge >= 0.3 is 5.97 Å². The third kappa shape index (κ3) is 4.79. The fraction of sp³-hybridized carbons (Fsp3) is 0.125. The Bertz CT molecular complexity index is 965. The molecule has 0 saturated carbocycles. The summed E-state index contributed by atoms with van der Waals surface area (Å²) in [5.74, 6) is 3.09. The van der Waals surface area contributed by atoms with Crippen molar-refractivity contribution in [2.24, 2.45) is 0 Å². The molecule has 3 aromatic carbocycles. The van der Waals surface area contributed by atoms with Gasteiger partial charge in [0.05, 0.1) is 12.7 Å². The van der Waals surface area contributed by atoms with E-state index in [0.29, 0.717) is 17.7 Å². The van der Waals surface area contributed by atoms with Crippen LogP contribution in [-0.4, -0.2) is 24.3 Å². The number of hydrogen-bond acceptors (Lipinski definition) is 4. The number of terminal acetylenes is 1. The Kier molecular flexibility index (Phi) is 6.11. The standard InChI is InChI=1S/C24H20O4/c1-3-21(25)16-17-4-6-20(7-5-17)24(26)28-23-14-10-19(11-15-23)18-8-12-22(27-2)13-9-18/h1,4-15,21,25H,16H2,2H3. The summed E-state index contributed by atoms with van der Waals surface area (Å²) in [6, 6.07) is 21.9. The normalized spacial score (nSPS) is 11.3. The highest BCUT2D eigenvalue weighted by atomic mass is 16.5. The summed E-state index contributed by atoms with van der Waals surface area (Å²) in [6.07, 6.45) is 4.68. The van der Waals surface area contributed by atoms with Gasteiger partial charge in [0.1, 0.15) is 17.6 Å². The maximum Gasteiger partial charge on any atom is 0.343 e. The average Bonchev–Trinajstić information content (AvgIpc) is 2.74. The summed E-state index contributed by atoms with van der Waals surface area (Å²) < 4.78 is 10.6. The molecule has 28 heavy (non-hydrogen) atoms. The summed E-state index contributed by atoms with van der Waals surface area (Å²) in [4.78, 5) is 12.3. The predicted molar refractivity (Wildman–Crippen MR) is 108 cm³/mol. The number of ether oxygens (including phenoxy) is 2. The molecule has 140 valence electrons. The van der Waals surface area contributed by atoms with Crippen LogP contribution in [0.3, 0.4) is 0 Å². The highest BCUT2D eigenvalue weighted by Crippen LogP contribution is 2.25. The number of aliphatic hydroxyl groups excluding tert-OH is 1. The Morgan fingerprint density at radius 3 is 1.96 bits per heavy atom. The molecule has 0 aliphatic rings. The van der Waals surface area contributed by atoms with Crippen molar-refractivity contribution in [3.63, 3.8) is 0 Å². The summed E-state index contributed by atoms with van der Waals surface area (Å²) >= 11 is 0. The van der Waals surface area contributed by atoms with Crippen molar-refractivity contribution < 1.29 is 19.4 Å². The minimum atomic E-state index is -0.831. The summed E-state index contributed by atoms with van der Waals surface area (Å²) in [5, 5.41) is 9.48. The van der Waals surface area contributed by atoms with Gasteiger partial charge in [0, 0.05) is 6.42 Å². The van der Waals surface area contributed by atoms with E-state index in [-0.39, 0.29) is 0 Å². The number of carbonyl (C=O) groups excluding carboxylic acids is 1. The molecule has 3 aromatic rings. The van der Waals surface area contributed by atoms with Gasteiger partial charge in [-0.25, -0.2) is 4.79 Å². The third-order valence-corrected chi connectivity index (χ3v) is 4.30. The molecule has 0 aliphatic carbocycles. The monoisotopic (exact) mass is 372 g/mol. The zero-order valence-corrected chi connectivity index (χ0v) is 15.5. The van der Waals surface area contributed by atoms with E-state index in [9.17, 15) is 9.90 Å². The van der Waals surface area contributed by atoms with Crippen LogP contribution < -0.4 is 9.47 Å². The van der Waals surface area contributed by atoms with Gasteiger partial charge in [-0.05, 0) is 53.1 Å². The fourth-order valence-corrected chi connectivity index (χ4v) is 2.72. The SMILES string of the molecule is C#CC(O)Cc1ccc(C(=O)Oc2ccc(-c3ccc(OC)cc3)cc2)cc1. The van der Waals surface area contributed by atoms with Crippen LogP contribution in [-0.2, 0) is 6.42 Å². The third-order valence-electron chi connectivity index (χ3n) is 4.30. The first-order valence-electron chi connectivity index (χ1n) is 8.79. The molecule has 1 unspecified atom stereocenters. The average molecular weight is 372 g/mol. The molecule has 0 heterocycles. The highest BCUT2D eigenvalue weighted by molar-refractivity contribution is 5.91. The van der Waals surface area contributed by atoms with Gasteiger partial charge < -0.3 is 14.6 Å². The minimum Gasteiger partial charge on any atom is -0.497 e. The zero-order chi connectivity index (χ0) is 19.9. The summed E-state index contributed by atoms with van der Waals surface area (Å²) in [5.41, 5.74) is 3.34. The molecular weight excluding hydrogens is 352 g/mol. The van der Waals surface area contributed by atoms with Crippen LogP contribution in [0.2, 0.25) is 0 Å². The van der Waals surface area contributed by atoms with Crippen LogP contribution in [0.25, 0.3) is 11.1 Å². The van der Waals surface area contributed by atoms with E-state index in [4.69, 9.17) is 15.9 Å². The van der Waals surface area contributed by atoms with E-state index >= 15 is 0 Å². The first kappa shape index (κ1) is 19.2. The first-order valence-corrected chi connectivity index (χ1v) is 8.79. The van der Waals surface area contributed by atoms with Gasteiger partial charge in [-0.1, -0.05) is 42.3 Å². The molecule has 4 heteroatoms. The molecule has 0 radical (unpaired) electrons. The molecule has 0 saturated heterocycles.